The van der Waals surface area contributed by atoms with Crippen molar-refractivity contribution in [1.82, 2.24) is 5.32 Å². The fourth-order valence-corrected chi connectivity index (χ4v) is 2.05. The second kappa shape index (κ2) is 5.25. The summed E-state index contributed by atoms with van der Waals surface area (Å²) in [6.07, 6.45) is 2.38. The van der Waals surface area contributed by atoms with Crippen LogP contribution in [-0.2, 0) is 11.2 Å². The minimum atomic E-state index is -0.0933. The number of carbonyl (C=O) groups is 2. The number of hydrogen-bond acceptors (Lipinski definition) is 3. The predicted octanol–water partition coefficient (Wildman–Crippen LogP) is 2.05. The van der Waals surface area contributed by atoms with Gasteiger partial charge in [0.1, 0.15) is 0 Å². The van der Waals surface area contributed by atoms with Crippen molar-refractivity contribution < 1.29 is 9.59 Å². The van der Waals surface area contributed by atoms with E-state index in [0.717, 1.165) is 11.3 Å². The summed E-state index contributed by atoms with van der Waals surface area (Å²) in [5.74, 6) is -0.111. The predicted molar refractivity (Wildman–Crippen MR) is 78.7 cm³/mol. The van der Waals surface area contributed by atoms with E-state index >= 15 is 0 Å². The van der Waals surface area contributed by atoms with E-state index in [1.165, 1.54) is 0 Å². The van der Waals surface area contributed by atoms with Crippen molar-refractivity contribution in [3.63, 3.8) is 0 Å². The highest BCUT2D eigenvalue weighted by molar-refractivity contribution is 7.99. The van der Waals surface area contributed by atoms with Gasteiger partial charge in [0.25, 0.3) is 5.91 Å². The molecule has 1 aromatic carbocycles. The van der Waals surface area contributed by atoms with Gasteiger partial charge in [0.15, 0.2) is 0 Å². The summed E-state index contributed by atoms with van der Waals surface area (Å²) in [6, 6.07) is 5.31. The number of thioether (sulfide) groups is 1. The lowest BCUT2D eigenvalue weighted by Crippen LogP contribution is -2.36. The maximum absolute atomic E-state index is 12.1. The van der Waals surface area contributed by atoms with E-state index < -0.39 is 0 Å². The Morgan fingerprint density at radius 3 is 2.89 bits per heavy atom. The van der Waals surface area contributed by atoms with Gasteiger partial charge in [-0.05, 0) is 43.9 Å². The smallest absolute Gasteiger partial charge is 0.251 e. The van der Waals surface area contributed by atoms with Gasteiger partial charge < -0.3 is 10.6 Å². The second-order valence-corrected chi connectivity index (χ2v) is 6.76. The van der Waals surface area contributed by atoms with Crippen LogP contribution < -0.4 is 10.6 Å². The molecule has 0 bridgehead atoms. The molecule has 2 N–H and O–H groups in total. The third kappa shape index (κ3) is 3.29. The Morgan fingerprint density at radius 2 is 2.21 bits per heavy atom. The quantitative estimate of drug-likeness (QED) is 0.886. The van der Waals surface area contributed by atoms with Crippen molar-refractivity contribution in [2.45, 2.75) is 25.0 Å². The molecule has 0 unspecified atom stereocenters. The summed E-state index contributed by atoms with van der Waals surface area (Å²) in [5.41, 5.74) is 2.31. The first kappa shape index (κ1) is 13.9. The van der Waals surface area contributed by atoms with Gasteiger partial charge in [0, 0.05) is 22.5 Å². The molecule has 0 spiro atoms. The van der Waals surface area contributed by atoms with E-state index in [1.807, 2.05) is 6.26 Å². The number of nitrogens with one attached hydrogen (secondary N) is 2. The first-order chi connectivity index (χ1) is 8.91. The molecular weight excluding hydrogens is 260 g/mol. The normalized spacial score (nSPS) is 13.9. The number of fused-ring (bicyclic) bond motifs is 1. The van der Waals surface area contributed by atoms with Gasteiger partial charge in [-0.3, -0.25) is 9.59 Å². The number of benzene rings is 1. The number of amides is 2. The number of anilines is 1. The van der Waals surface area contributed by atoms with Crippen LogP contribution in [0.25, 0.3) is 0 Å². The van der Waals surface area contributed by atoms with Crippen molar-refractivity contribution >= 4 is 29.3 Å². The molecule has 0 saturated carbocycles. The number of rotatable bonds is 4. The van der Waals surface area contributed by atoms with Crippen LogP contribution in [0.15, 0.2) is 18.2 Å². The van der Waals surface area contributed by atoms with Crippen molar-refractivity contribution in [3.8, 4) is 0 Å². The molecule has 4 nitrogen and oxygen atoms in total. The number of hydrogen-bond donors (Lipinski definition) is 2. The van der Waals surface area contributed by atoms with Gasteiger partial charge in [0.05, 0.1) is 6.42 Å². The zero-order chi connectivity index (χ0) is 14.0. The van der Waals surface area contributed by atoms with E-state index in [9.17, 15) is 9.59 Å². The Hall–Kier alpha value is -1.49. The molecule has 2 amide bonds. The third-order valence-electron chi connectivity index (χ3n) is 3.22. The van der Waals surface area contributed by atoms with Gasteiger partial charge in [-0.15, -0.1) is 0 Å². The SMILES string of the molecule is CSC(C)(C)CNC(=O)c1ccc2c(c1)CC(=O)N2. The summed E-state index contributed by atoms with van der Waals surface area (Å²) in [6.45, 7) is 4.79. The van der Waals surface area contributed by atoms with Crippen LogP contribution in [0.1, 0.15) is 29.8 Å². The fraction of sp³-hybridized carbons (Fsp3) is 0.429. The molecule has 1 aliphatic rings. The topological polar surface area (TPSA) is 58.2 Å². The lowest BCUT2D eigenvalue weighted by atomic mass is 10.1. The highest BCUT2D eigenvalue weighted by Gasteiger charge is 2.21. The summed E-state index contributed by atoms with van der Waals surface area (Å²) in [5, 5.41) is 5.68. The molecule has 0 saturated heterocycles. The monoisotopic (exact) mass is 278 g/mol. The standard InChI is InChI=1S/C14H18N2O2S/c1-14(2,19-3)8-15-13(18)9-4-5-11-10(6-9)7-12(17)16-11/h4-6H,7-8H2,1-3H3,(H,15,18)(H,16,17). The molecule has 5 heteroatoms. The lowest BCUT2D eigenvalue weighted by molar-refractivity contribution is -0.115. The maximum atomic E-state index is 12.1. The fourth-order valence-electron chi connectivity index (χ4n) is 1.84. The summed E-state index contributed by atoms with van der Waals surface area (Å²) in [4.78, 5) is 23.3. The van der Waals surface area contributed by atoms with Gasteiger partial charge in [0.2, 0.25) is 5.91 Å². The Bertz CT molecular complexity index is 526. The molecule has 19 heavy (non-hydrogen) atoms. The van der Waals surface area contributed by atoms with Crippen LogP contribution in [0.5, 0.6) is 0 Å². The second-order valence-electron chi connectivity index (χ2n) is 5.24. The first-order valence-electron chi connectivity index (χ1n) is 6.17. The molecule has 1 aliphatic heterocycles. The van der Waals surface area contributed by atoms with Gasteiger partial charge in [-0.25, -0.2) is 0 Å². The largest absolute Gasteiger partial charge is 0.351 e. The molecule has 1 heterocycles. The minimum Gasteiger partial charge on any atom is -0.351 e. The number of carbonyl (C=O) groups excluding carboxylic acids is 2. The van der Waals surface area contributed by atoms with Crippen LogP contribution in [0, 0.1) is 0 Å². The minimum absolute atomic E-state index is 0.0175. The lowest BCUT2D eigenvalue weighted by Gasteiger charge is -2.22. The first-order valence-corrected chi connectivity index (χ1v) is 7.40. The van der Waals surface area contributed by atoms with Gasteiger partial charge in [-0.1, -0.05) is 0 Å². The van der Waals surface area contributed by atoms with Crippen LogP contribution in [0.2, 0.25) is 0 Å². The van der Waals surface area contributed by atoms with Crippen molar-refractivity contribution in [2.24, 2.45) is 0 Å². The van der Waals surface area contributed by atoms with E-state index in [2.05, 4.69) is 24.5 Å². The Labute approximate surface area is 117 Å². The van der Waals surface area contributed by atoms with E-state index in [1.54, 1.807) is 30.0 Å². The third-order valence-corrected chi connectivity index (χ3v) is 4.47. The van der Waals surface area contributed by atoms with Crippen LogP contribution in [-0.4, -0.2) is 29.4 Å². The summed E-state index contributed by atoms with van der Waals surface area (Å²) < 4.78 is 0.0178. The van der Waals surface area contributed by atoms with E-state index in [-0.39, 0.29) is 16.6 Å². The zero-order valence-electron chi connectivity index (χ0n) is 11.4. The van der Waals surface area contributed by atoms with Crippen LogP contribution >= 0.6 is 11.8 Å². The molecule has 0 aliphatic carbocycles. The molecule has 0 atom stereocenters. The molecule has 0 radical (unpaired) electrons. The maximum Gasteiger partial charge on any atom is 0.251 e. The molecule has 0 aromatic heterocycles. The molecule has 0 fully saturated rings. The Balaban J connectivity index is 2.05. The highest BCUT2D eigenvalue weighted by Crippen LogP contribution is 2.24. The molecular formula is C14H18N2O2S. The Morgan fingerprint density at radius 1 is 1.47 bits per heavy atom. The molecule has 102 valence electrons. The highest BCUT2D eigenvalue weighted by atomic mass is 32.2. The van der Waals surface area contributed by atoms with Crippen molar-refractivity contribution in [3.05, 3.63) is 29.3 Å². The van der Waals surface area contributed by atoms with Gasteiger partial charge in [-0.2, -0.15) is 11.8 Å². The van der Waals surface area contributed by atoms with Crippen LogP contribution in [0.4, 0.5) is 5.69 Å². The van der Waals surface area contributed by atoms with Crippen LogP contribution in [0.3, 0.4) is 0 Å². The van der Waals surface area contributed by atoms with Gasteiger partial charge >= 0.3 is 0 Å². The van der Waals surface area contributed by atoms with E-state index in [4.69, 9.17) is 0 Å². The molecule has 1 aromatic rings. The zero-order valence-corrected chi connectivity index (χ0v) is 12.2. The van der Waals surface area contributed by atoms with E-state index in [0.29, 0.717) is 18.5 Å². The average molecular weight is 278 g/mol. The van der Waals surface area contributed by atoms with Crippen molar-refractivity contribution in [2.75, 3.05) is 18.1 Å². The Kier molecular flexibility index (Phi) is 3.85. The average Bonchev–Trinajstić information content (AvgIpc) is 2.75. The van der Waals surface area contributed by atoms with Crippen molar-refractivity contribution in [1.29, 1.82) is 0 Å². The summed E-state index contributed by atoms with van der Waals surface area (Å²) >= 11 is 1.72. The summed E-state index contributed by atoms with van der Waals surface area (Å²) in [7, 11) is 0. The molecule has 2 rings (SSSR count).